The van der Waals surface area contributed by atoms with E-state index in [9.17, 15) is 19.1 Å². The molecule has 0 saturated heterocycles. The summed E-state index contributed by atoms with van der Waals surface area (Å²) < 4.78 is 19.0. The van der Waals surface area contributed by atoms with Gasteiger partial charge in [0.1, 0.15) is 16.6 Å². The highest BCUT2D eigenvalue weighted by Gasteiger charge is 2.44. The Bertz CT molecular complexity index is 1390. The minimum atomic E-state index is -0.910. The van der Waals surface area contributed by atoms with Crippen LogP contribution in [0.4, 0.5) is 4.39 Å². The lowest BCUT2D eigenvalue weighted by molar-refractivity contribution is -0.130. The summed E-state index contributed by atoms with van der Waals surface area (Å²) in [6.45, 7) is 1.75. The van der Waals surface area contributed by atoms with Gasteiger partial charge in [0.15, 0.2) is 5.76 Å². The number of hydrogen-bond acceptors (Lipinski definition) is 6. The molecule has 1 aliphatic heterocycles. The lowest BCUT2D eigenvalue weighted by Gasteiger charge is -2.26. The number of ketones is 1. The average Bonchev–Trinajstić information content (AvgIpc) is 3.56. The first-order valence-electron chi connectivity index (χ1n) is 10.5. The standard InChI is InChI=1S/C26H19FN2O4S/c1-15-24(34-25(28-15)17-6-3-2-4-7-17)22(30)20-21(16-9-11-18(27)12-10-16)29(26(32)23(20)31)14-19-8-5-13-33-19/h2-13,21,31H,14H2,1H3. The van der Waals surface area contributed by atoms with Gasteiger partial charge in [-0.1, -0.05) is 42.5 Å². The van der Waals surface area contributed by atoms with Crippen LogP contribution in [0.5, 0.6) is 0 Å². The van der Waals surface area contributed by atoms with Crippen LogP contribution in [0.1, 0.15) is 32.7 Å². The van der Waals surface area contributed by atoms with Crippen LogP contribution in [0.15, 0.2) is 88.7 Å². The van der Waals surface area contributed by atoms with Gasteiger partial charge in [-0.15, -0.1) is 11.3 Å². The van der Waals surface area contributed by atoms with Crippen LogP contribution in [0.3, 0.4) is 0 Å². The number of thiazole rings is 1. The predicted octanol–water partition coefficient (Wildman–Crippen LogP) is 5.63. The fraction of sp³-hybridized carbons (Fsp3) is 0.115. The van der Waals surface area contributed by atoms with E-state index in [0.29, 0.717) is 26.9 Å². The van der Waals surface area contributed by atoms with Gasteiger partial charge < -0.3 is 14.4 Å². The number of rotatable bonds is 6. The first kappa shape index (κ1) is 21.8. The van der Waals surface area contributed by atoms with E-state index < -0.39 is 29.3 Å². The third-order valence-electron chi connectivity index (χ3n) is 5.66. The van der Waals surface area contributed by atoms with Gasteiger partial charge in [-0.05, 0) is 36.8 Å². The van der Waals surface area contributed by atoms with E-state index in [4.69, 9.17) is 4.42 Å². The van der Waals surface area contributed by atoms with Crippen molar-refractivity contribution in [2.75, 3.05) is 0 Å². The largest absolute Gasteiger partial charge is 0.503 e. The first-order chi connectivity index (χ1) is 16.4. The second kappa shape index (κ2) is 8.72. The third kappa shape index (κ3) is 3.82. The van der Waals surface area contributed by atoms with Gasteiger partial charge in [-0.3, -0.25) is 9.59 Å². The summed E-state index contributed by atoms with van der Waals surface area (Å²) >= 11 is 1.20. The van der Waals surface area contributed by atoms with Crippen molar-refractivity contribution in [3.63, 3.8) is 0 Å². The molecule has 1 aliphatic rings. The van der Waals surface area contributed by atoms with Crippen LogP contribution < -0.4 is 0 Å². The summed E-state index contributed by atoms with van der Waals surface area (Å²) in [5.74, 6) is -1.77. The normalized spacial score (nSPS) is 15.9. The summed E-state index contributed by atoms with van der Waals surface area (Å²) in [6, 6.07) is 17.5. The molecule has 0 spiro atoms. The van der Waals surface area contributed by atoms with Gasteiger partial charge in [-0.25, -0.2) is 9.37 Å². The number of carbonyl (C=O) groups excluding carboxylic acids is 2. The maximum absolute atomic E-state index is 13.7. The van der Waals surface area contributed by atoms with E-state index in [-0.39, 0.29) is 12.1 Å². The summed E-state index contributed by atoms with van der Waals surface area (Å²) in [7, 11) is 0. The molecule has 170 valence electrons. The number of halogens is 1. The maximum atomic E-state index is 13.7. The molecule has 8 heteroatoms. The van der Waals surface area contributed by atoms with Gasteiger partial charge in [0.05, 0.1) is 35.0 Å². The van der Waals surface area contributed by atoms with Crippen molar-refractivity contribution in [3.8, 4) is 10.6 Å². The number of carbonyl (C=O) groups is 2. The first-order valence-corrected chi connectivity index (χ1v) is 11.3. The summed E-state index contributed by atoms with van der Waals surface area (Å²) in [6.07, 6.45) is 1.48. The molecular weight excluding hydrogens is 455 g/mol. The quantitative estimate of drug-likeness (QED) is 0.366. The smallest absolute Gasteiger partial charge is 0.290 e. The molecule has 0 fully saturated rings. The molecule has 2 aromatic carbocycles. The maximum Gasteiger partial charge on any atom is 0.290 e. The number of aliphatic hydroxyl groups excluding tert-OH is 1. The van der Waals surface area contributed by atoms with E-state index in [1.54, 1.807) is 19.1 Å². The molecule has 1 amide bonds. The second-order valence-electron chi connectivity index (χ2n) is 7.86. The molecule has 2 aromatic heterocycles. The van der Waals surface area contributed by atoms with Gasteiger partial charge in [-0.2, -0.15) is 0 Å². The van der Waals surface area contributed by atoms with Crippen LogP contribution >= 0.6 is 11.3 Å². The summed E-state index contributed by atoms with van der Waals surface area (Å²) in [5, 5.41) is 11.5. The zero-order valence-corrected chi connectivity index (χ0v) is 18.9. The van der Waals surface area contributed by atoms with E-state index in [0.717, 1.165) is 5.56 Å². The molecule has 0 saturated carbocycles. The Labute approximate surface area is 198 Å². The van der Waals surface area contributed by atoms with E-state index >= 15 is 0 Å². The number of aromatic nitrogens is 1. The van der Waals surface area contributed by atoms with Gasteiger partial charge >= 0.3 is 0 Å². The lowest BCUT2D eigenvalue weighted by atomic mass is 9.95. The zero-order chi connectivity index (χ0) is 23.8. The predicted molar refractivity (Wildman–Crippen MR) is 125 cm³/mol. The molecule has 4 aromatic rings. The van der Waals surface area contributed by atoms with E-state index in [2.05, 4.69) is 4.98 Å². The van der Waals surface area contributed by atoms with Crippen molar-refractivity contribution >= 4 is 23.0 Å². The van der Waals surface area contributed by atoms with Crippen LogP contribution in [0.25, 0.3) is 10.6 Å². The molecule has 0 aliphatic carbocycles. The zero-order valence-electron chi connectivity index (χ0n) is 18.1. The molecule has 0 radical (unpaired) electrons. The van der Waals surface area contributed by atoms with Crippen LogP contribution in [-0.2, 0) is 11.3 Å². The highest BCUT2D eigenvalue weighted by molar-refractivity contribution is 7.17. The number of Topliss-reactive ketones (excluding diaryl/α,β-unsaturated/α-hetero) is 1. The van der Waals surface area contributed by atoms with Crippen LogP contribution in [0, 0.1) is 12.7 Å². The third-order valence-corrected chi connectivity index (χ3v) is 6.87. The minimum Gasteiger partial charge on any atom is -0.503 e. The summed E-state index contributed by atoms with van der Waals surface area (Å²) in [5.41, 5.74) is 1.81. The molecule has 34 heavy (non-hydrogen) atoms. The molecular formula is C26H19FN2O4S. The van der Waals surface area contributed by atoms with Crippen LogP contribution in [-0.4, -0.2) is 26.7 Å². The highest BCUT2D eigenvalue weighted by atomic mass is 32.1. The van der Waals surface area contributed by atoms with Crippen molar-refractivity contribution in [1.82, 2.24) is 9.88 Å². The number of aliphatic hydroxyl groups is 1. The number of aryl methyl sites for hydroxylation is 1. The molecule has 1 atom stereocenters. The van der Waals surface area contributed by atoms with Gasteiger partial charge in [0.2, 0.25) is 5.78 Å². The Balaban J connectivity index is 1.58. The number of amides is 1. The van der Waals surface area contributed by atoms with Gasteiger partial charge in [0.25, 0.3) is 5.91 Å². The number of benzene rings is 2. The van der Waals surface area contributed by atoms with E-state index in [1.807, 2.05) is 30.3 Å². The Morgan fingerprint density at radius 1 is 1.12 bits per heavy atom. The van der Waals surface area contributed by atoms with Crippen molar-refractivity contribution < 1.29 is 23.5 Å². The minimum absolute atomic E-state index is 0.0334. The molecule has 1 unspecified atom stereocenters. The number of nitrogens with zero attached hydrogens (tertiary/aromatic N) is 2. The molecule has 3 heterocycles. The molecule has 1 N–H and O–H groups in total. The fourth-order valence-electron chi connectivity index (χ4n) is 4.04. The Hall–Kier alpha value is -4.04. The second-order valence-corrected chi connectivity index (χ2v) is 8.86. The van der Waals surface area contributed by atoms with Crippen LogP contribution in [0.2, 0.25) is 0 Å². The Kier molecular flexibility index (Phi) is 5.59. The lowest BCUT2D eigenvalue weighted by Crippen LogP contribution is -2.30. The van der Waals surface area contributed by atoms with Crippen molar-refractivity contribution in [1.29, 1.82) is 0 Å². The Morgan fingerprint density at radius 3 is 2.53 bits per heavy atom. The monoisotopic (exact) mass is 474 g/mol. The molecule has 5 rings (SSSR count). The SMILES string of the molecule is Cc1nc(-c2ccccc2)sc1C(=O)C1=C(O)C(=O)N(Cc2ccco2)C1c1ccc(F)cc1. The summed E-state index contributed by atoms with van der Waals surface area (Å²) in [4.78, 5) is 33.0. The van der Waals surface area contributed by atoms with Gasteiger partial charge in [0, 0.05) is 5.56 Å². The molecule has 6 nitrogen and oxygen atoms in total. The fourth-order valence-corrected chi connectivity index (χ4v) is 5.07. The van der Waals surface area contributed by atoms with Crippen molar-refractivity contribution in [3.05, 3.63) is 112 Å². The topological polar surface area (TPSA) is 83.6 Å². The van der Waals surface area contributed by atoms with Crippen molar-refractivity contribution in [2.24, 2.45) is 0 Å². The molecule has 0 bridgehead atoms. The van der Waals surface area contributed by atoms with E-state index in [1.165, 1.54) is 46.8 Å². The van der Waals surface area contributed by atoms with Crippen molar-refractivity contribution in [2.45, 2.75) is 19.5 Å². The highest BCUT2D eigenvalue weighted by Crippen LogP contribution is 2.41. The number of furan rings is 1. The number of hydrogen-bond donors (Lipinski definition) is 1. The Morgan fingerprint density at radius 2 is 1.85 bits per heavy atom. The average molecular weight is 475 g/mol.